The molecule has 1 aliphatic carbocycles. The summed E-state index contributed by atoms with van der Waals surface area (Å²) >= 11 is 3.06. The molecule has 1 unspecified atom stereocenters. The van der Waals surface area contributed by atoms with Crippen LogP contribution in [0.1, 0.15) is 40.6 Å². The van der Waals surface area contributed by atoms with Crippen LogP contribution in [0.4, 0.5) is 5.00 Å². The van der Waals surface area contributed by atoms with Crippen LogP contribution < -0.4 is 5.32 Å². The van der Waals surface area contributed by atoms with E-state index in [4.69, 9.17) is 4.74 Å². The summed E-state index contributed by atoms with van der Waals surface area (Å²) in [6, 6.07) is 5.71. The first-order valence-corrected chi connectivity index (χ1v) is 10.4. The highest BCUT2D eigenvalue weighted by Gasteiger charge is 2.28. The van der Waals surface area contributed by atoms with Gasteiger partial charge in [0.25, 0.3) is 0 Å². The summed E-state index contributed by atoms with van der Waals surface area (Å²) < 4.78 is 4.95. The molecule has 0 saturated carbocycles. The number of methoxy groups -OCH3 is 1. The van der Waals surface area contributed by atoms with Gasteiger partial charge < -0.3 is 10.1 Å². The van der Waals surface area contributed by atoms with E-state index in [1.54, 1.807) is 18.0 Å². The van der Waals surface area contributed by atoms with Gasteiger partial charge in [-0.25, -0.2) is 9.78 Å². The highest BCUT2D eigenvalue weighted by atomic mass is 32.2. The summed E-state index contributed by atoms with van der Waals surface area (Å²) in [5, 5.41) is 4.46. The predicted molar refractivity (Wildman–Crippen MR) is 105 cm³/mol. The normalized spacial score (nSPS) is 16.0. The third-order valence-electron chi connectivity index (χ3n) is 4.37. The lowest BCUT2D eigenvalue weighted by atomic mass is 9.88. The maximum atomic E-state index is 12.4. The fourth-order valence-electron chi connectivity index (χ4n) is 3.03. The van der Waals surface area contributed by atoms with Crippen molar-refractivity contribution in [2.24, 2.45) is 5.92 Å². The first kappa shape index (κ1) is 18.9. The minimum absolute atomic E-state index is 0.0924. The van der Waals surface area contributed by atoms with E-state index in [2.05, 4.69) is 17.2 Å². The van der Waals surface area contributed by atoms with E-state index in [0.29, 0.717) is 28.7 Å². The minimum atomic E-state index is -0.366. The van der Waals surface area contributed by atoms with Crippen LogP contribution in [0.3, 0.4) is 0 Å². The topological polar surface area (TPSA) is 68.3 Å². The zero-order valence-electron chi connectivity index (χ0n) is 14.9. The number of thioether (sulfide) groups is 1. The van der Waals surface area contributed by atoms with Gasteiger partial charge in [-0.05, 0) is 42.9 Å². The fraction of sp³-hybridized carbons (Fsp3) is 0.421. The molecule has 0 spiro atoms. The standard InChI is InChI=1S/C19H22N2O3S2/c1-12-6-7-13-14(11-12)26-18(17(13)19(23)24-2)21-15(22)8-10-25-16-5-3-4-9-20-16/h3-5,9,12H,6-8,10-11H2,1-2H3,(H,21,22). The molecule has 1 N–H and O–H groups in total. The van der Waals surface area contributed by atoms with Crippen molar-refractivity contribution in [3.8, 4) is 0 Å². The third kappa shape index (κ3) is 4.45. The van der Waals surface area contributed by atoms with E-state index in [1.165, 1.54) is 23.3 Å². The highest BCUT2D eigenvalue weighted by molar-refractivity contribution is 7.99. The van der Waals surface area contributed by atoms with Crippen LogP contribution in [0.2, 0.25) is 0 Å². The number of nitrogens with one attached hydrogen (secondary N) is 1. The first-order chi connectivity index (χ1) is 12.6. The number of thiophene rings is 1. The molecule has 26 heavy (non-hydrogen) atoms. The molecule has 138 valence electrons. The minimum Gasteiger partial charge on any atom is -0.465 e. The lowest BCUT2D eigenvalue weighted by Gasteiger charge is -2.18. The molecule has 1 amide bonds. The Balaban J connectivity index is 1.66. The smallest absolute Gasteiger partial charge is 0.341 e. The van der Waals surface area contributed by atoms with Gasteiger partial charge in [0, 0.05) is 23.2 Å². The van der Waals surface area contributed by atoms with Gasteiger partial charge in [0.15, 0.2) is 0 Å². The number of aromatic nitrogens is 1. The summed E-state index contributed by atoms with van der Waals surface area (Å²) in [6.45, 7) is 2.22. The van der Waals surface area contributed by atoms with E-state index in [9.17, 15) is 9.59 Å². The maximum absolute atomic E-state index is 12.4. The second-order valence-corrected chi connectivity index (χ2v) is 8.58. The molecule has 5 nitrogen and oxygen atoms in total. The van der Waals surface area contributed by atoms with Crippen molar-refractivity contribution >= 4 is 40.0 Å². The quantitative estimate of drug-likeness (QED) is 0.592. The van der Waals surface area contributed by atoms with E-state index in [0.717, 1.165) is 29.9 Å². The molecule has 1 atom stereocenters. The van der Waals surface area contributed by atoms with Crippen molar-refractivity contribution in [2.45, 2.75) is 37.6 Å². The molecule has 0 saturated heterocycles. The molecule has 2 heterocycles. The van der Waals surface area contributed by atoms with E-state index < -0.39 is 0 Å². The Kier molecular flexibility index (Phi) is 6.32. The molecule has 3 rings (SSSR count). The Hall–Kier alpha value is -1.86. The second kappa shape index (κ2) is 8.68. The number of anilines is 1. The number of nitrogens with zero attached hydrogens (tertiary/aromatic N) is 1. The van der Waals surface area contributed by atoms with Gasteiger partial charge in [0.1, 0.15) is 5.00 Å². The number of amides is 1. The van der Waals surface area contributed by atoms with Gasteiger partial charge >= 0.3 is 5.97 Å². The molecule has 7 heteroatoms. The summed E-state index contributed by atoms with van der Waals surface area (Å²) in [5.41, 5.74) is 1.60. The predicted octanol–water partition coefficient (Wildman–Crippen LogP) is 4.18. The molecule has 0 radical (unpaired) electrons. The zero-order chi connectivity index (χ0) is 18.5. The van der Waals surface area contributed by atoms with Gasteiger partial charge in [-0.15, -0.1) is 23.1 Å². The number of fused-ring (bicyclic) bond motifs is 1. The van der Waals surface area contributed by atoms with Gasteiger partial charge in [-0.2, -0.15) is 0 Å². The Bertz CT molecular complexity index is 790. The monoisotopic (exact) mass is 390 g/mol. The van der Waals surface area contributed by atoms with Crippen LogP contribution in [0.25, 0.3) is 0 Å². The number of ether oxygens (including phenoxy) is 1. The number of rotatable bonds is 6. The Labute approximate surface area is 161 Å². The Morgan fingerprint density at radius 1 is 1.42 bits per heavy atom. The van der Waals surface area contributed by atoms with Crippen molar-refractivity contribution < 1.29 is 14.3 Å². The number of hydrogen-bond acceptors (Lipinski definition) is 6. The SMILES string of the molecule is COC(=O)c1c(NC(=O)CCSc2ccccn2)sc2c1CCC(C)C2. The number of carbonyl (C=O) groups excluding carboxylic acids is 2. The third-order valence-corrected chi connectivity index (χ3v) is 6.49. The van der Waals surface area contributed by atoms with Crippen LogP contribution in [0, 0.1) is 5.92 Å². The summed E-state index contributed by atoms with van der Waals surface area (Å²) in [6.07, 6.45) is 4.98. The Morgan fingerprint density at radius 2 is 2.27 bits per heavy atom. The second-order valence-electron chi connectivity index (χ2n) is 6.36. The summed E-state index contributed by atoms with van der Waals surface area (Å²) in [4.78, 5) is 30.0. The lowest BCUT2D eigenvalue weighted by Crippen LogP contribution is -2.16. The zero-order valence-corrected chi connectivity index (χ0v) is 16.5. The fourth-order valence-corrected chi connectivity index (χ4v) is 5.25. The van der Waals surface area contributed by atoms with Gasteiger partial charge in [-0.3, -0.25) is 4.79 Å². The van der Waals surface area contributed by atoms with Crippen LogP contribution in [0.5, 0.6) is 0 Å². The first-order valence-electron chi connectivity index (χ1n) is 8.65. The number of carbonyl (C=O) groups is 2. The van der Waals surface area contributed by atoms with E-state index in [-0.39, 0.29) is 11.9 Å². The molecule has 2 aromatic heterocycles. The summed E-state index contributed by atoms with van der Waals surface area (Å²) in [5.74, 6) is 0.781. The van der Waals surface area contributed by atoms with Crippen molar-refractivity contribution in [3.05, 3.63) is 40.4 Å². The van der Waals surface area contributed by atoms with Gasteiger partial charge in [0.05, 0.1) is 17.7 Å². The maximum Gasteiger partial charge on any atom is 0.341 e. The molecule has 0 aromatic carbocycles. The van der Waals surface area contributed by atoms with Gasteiger partial charge in [0.2, 0.25) is 5.91 Å². The largest absolute Gasteiger partial charge is 0.465 e. The highest BCUT2D eigenvalue weighted by Crippen LogP contribution is 2.40. The van der Waals surface area contributed by atoms with Crippen molar-refractivity contribution in [1.29, 1.82) is 0 Å². The van der Waals surface area contributed by atoms with Crippen LogP contribution in [0.15, 0.2) is 29.4 Å². The van der Waals surface area contributed by atoms with Crippen LogP contribution >= 0.6 is 23.1 Å². The molecule has 0 fully saturated rings. The molecular weight excluding hydrogens is 368 g/mol. The number of hydrogen-bond donors (Lipinski definition) is 1. The molecule has 0 aliphatic heterocycles. The number of esters is 1. The van der Waals surface area contributed by atoms with E-state index >= 15 is 0 Å². The Morgan fingerprint density at radius 3 is 3.00 bits per heavy atom. The van der Waals surface area contributed by atoms with Crippen molar-refractivity contribution in [3.63, 3.8) is 0 Å². The van der Waals surface area contributed by atoms with Crippen LogP contribution in [-0.4, -0.2) is 29.7 Å². The molecule has 0 bridgehead atoms. The van der Waals surface area contributed by atoms with Crippen LogP contribution in [-0.2, 0) is 22.4 Å². The average Bonchev–Trinajstić information content (AvgIpc) is 2.98. The molecule has 1 aliphatic rings. The molecular formula is C19H22N2O3S2. The van der Waals surface area contributed by atoms with Crippen molar-refractivity contribution in [2.75, 3.05) is 18.2 Å². The van der Waals surface area contributed by atoms with E-state index in [1.807, 2.05) is 18.2 Å². The summed E-state index contributed by atoms with van der Waals surface area (Å²) in [7, 11) is 1.38. The molecule has 2 aromatic rings. The average molecular weight is 391 g/mol. The van der Waals surface area contributed by atoms with Gasteiger partial charge in [-0.1, -0.05) is 13.0 Å². The number of pyridine rings is 1. The lowest BCUT2D eigenvalue weighted by molar-refractivity contribution is -0.115. The van der Waals surface area contributed by atoms with Crippen molar-refractivity contribution in [1.82, 2.24) is 4.98 Å².